The van der Waals surface area contributed by atoms with Crippen molar-refractivity contribution in [2.75, 3.05) is 24.2 Å². The van der Waals surface area contributed by atoms with Crippen molar-refractivity contribution in [3.05, 3.63) is 10.9 Å². The molecule has 0 aromatic carbocycles. The second-order valence-electron chi connectivity index (χ2n) is 4.22. The van der Waals surface area contributed by atoms with Gasteiger partial charge in [0.25, 0.3) is 0 Å². The molecule has 0 saturated carbocycles. The van der Waals surface area contributed by atoms with Crippen LogP contribution in [0.5, 0.6) is 0 Å². The molecule has 0 unspecified atom stereocenters. The molecule has 0 aliphatic rings. The third-order valence-electron chi connectivity index (χ3n) is 2.66. The van der Waals surface area contributed by atoms with Gasteiger partial charge in [0.05, 0.1) is 5.39 Å². The maximum Gasteiger partial charge on any atom is 0.223 e. The number of hydrogen-bond donors (Lipinski definition) is 3. The molecule has 5 nitrogen and oxygen atoms in total. The first-order valence-electron chi connectivity index (χ1n) is 6.09. The Hall–Kier alpha value is -1.40. The number of fused-ring (bicyclic) bond motifs is 1. The van der Waals surface area contributed by atoms with E-state index < -0.39 is 0 Å². The summed E-state index contributed by atoms with van der Waals surface area (Å²) in [4.78, 5) is 10.6. The molecule has 4 N–H and O–H groups in total. The molecule has 2 heterocycles. The number of nitrogens with zero attached hydrogens (tertiary/aromatic N) is 2. The number of nitrogen functional groups attached to an aromatic ring is 1. The van der Waals surface area contributed by atoms with Gasteiger partial charge in [-0.05, 0) is 32.3 Å². The number of nitrogens with two attached hydrogens (primary N) is 1. The minimum atomic E-state index is 0.258. The topological polar surface area (TPSA) is 84.1 Å². The Morgan fingerprint density at radius 2 is 2.17 bits per heavy atom. The van der Waals surface area contributed by atoms with Crippen LogP contribution in [0.2, 0.25) is 0 Å². The number of aliphatic hydroxyl groups excluding tert-OH is 1. The fourth-order valence-corrected chi connectivity index (χ4v) is 2.70. The van der Waals surface area contributed by atoms with E-state index in [4.69, 9.17) is 10.8 Å². The number of aromatic nitrogens is 2. The maximum atomic E-state index is 8.71. The second-order valence-corrected chi connectivity index (χ2v) is 5.45. The van der Waals surface area contributed by atoms with Crippen LogP contribution in [-0.4, -0.2) is 28.2 Å². The Morgan fingerprint density at radius 3 is 2.94 bits per heavy atom. The molecule has 0 amide bonds. The Morgan fingerprint density at radius 1 is 1.33 bits per heavy atom. The predicted octanol–water partition coefficient (Wildman–Crippen LogP) is 2.16. The lowest BCUT2D eigenvalue weighted by Crippen LogP contribution is -2.06. The summed E-state index contributed by atoms with van der Waals surface area (Å²) in [6.45, 7) is 3.14. The van der Waals surface area contributed by atoms with E-state index in [0.717, 1.165) is 41.8 Å². The van der Waals surface area contributed by atoms with Crippen LogP contribution in [0.3, 0.4) is 0 Å². The quantitative estimate of drug-likeness (QED) is 0.698. The zero-order valence-corrected chi connectivity index (χ0v) is 11.3. The van der Waals surface area contributed by atoms with E-state index in [0.29, 0.717) is 5.95 Å². The summed E-state index contributed by atoms with van der Waals surface area (Å²) in [6, 6.07) is 2.08. The highest BCUT2D eigenvalue weighted by atomic mass is 32.1. The minimum absolute atomic E-state index is 0.258. The molecule has 2 rings (SSSR count). The molecule has 0 saturated heterocycles. The van der Waals surface area contributed by atoms with Gasteiger partial charge in [-0.2, -0.15) is 4.98 Å². The smallest absolute Gasteiger partial charge is 0.223 e. The van der Waals surface area contributed by atoms with Crippen molar-refractivity contribution < 1.29 is 5.11 Å². The molecule has 0 atom stereocenters. The molecule has 0 aliphatic heterocycles. The summed E-state index contributed by atoms with van der Waals surface area (Å²) in [5, 5.41) is 13.0. The first-order valence-corrected chi connectivity index (χ1v) is 6.90. The first-order chi connectivity index (χ1) is 8.70. The van der Waals surface area contributed by atoms with Crippen LogP contribution < -0.4 is 11.1 Å². The van der Waals surface area contributed by atoms with E-state index in [1.165, 1.54) is 4.88 Å². The molecule has 98 valence electrons. The van der Waals surface area contributed by atoms with Gasteiger partial charge in [-0.25, -0.2) is 4.98 Å². The van der Waals surface area contributed by atoms with E-state index >= 15 is 0 Å². The standard InChI is InChI=1S/C12H18N4OS/c1-8-7-9-10(14-5-3-2-4-6-17)15-12(13)16-11(9)18-8/h7,17H,2-6H2,1H3,(H3,13,14,15,16). The minimum Gasteiger partial charge on any atom is -0.396 e. The second kappa shape index (κ2) is 5.97. The lowest BCUT2D eigenvalue weighted by Gasteiger charge is -2.06. The Balaban J connectivity index is 2.07. The van der Waals surface area contributed by atoms with Gasteiger partial charge in [0, 0.05) is 18.0 Å². The van der Waals surface area contributed by atoms with Crippen molar-refractivity contribution in [1.82, 2.24) is 9.97 Å². The van der Waals surface area contributed by atoms with E-state index in [-0.39, 0.29) is 6.61 Å². The number of unbranched alkanes of at least 4 members (excludes halogenated alkanes) is 2. The van der Waals surface area contributed by atoms with E-state index in [2.05, 4.69) is 21.4 Å². The van der Waals surface area contributed by atoms with Crippen LogP contribution in [0.25, 0.3) is 10.2 Å². The summed E-state index contributed by atoms with van der Waals surface area (Å²) in [7, 11) is 0. The first kappa shape index (κ1) is 13.0. The van der Waals surface area contributed by atoms with Crippen LogP contribution >= 0.6 is 11.3 Å². The molecule has 0 spiro atoms. The third-order valence-corrected chi connectivity index (χ3v) is 3.60. The fourth-order valence-electron chi connectivity index (χ4n) is 1.81. The molecule has 2 aromatic heterocycles. The van der Waals surface area contributed by atoms with Crippen LogP contribution in [0.4, 0.5) is 11.8 Å². The summed E-state index contributed by atoms with van der Waals surface area (Å²) >= 11 is 1.62. The van der Waals surface area contributed by atoms with Crippen LogP contribution in [0.1, 0.15) is 24.1 Å². The van der Waals surface area contributed by atoms with Crippen molar-refractivity contribution in [1.29, 1.82) is 0 Å². The number of aryl methyl sites for hydroxylation is 1. The van der Waals surface area contributed by atoms with Crippen molar-refractivity contribution in [3.8, 4) is 0 Å². The summed E-state index contributed by atoms with van der Waals surface area (Å²) in [6.07, 6.45) is 2.87. The van der Waals surface area contributed by atoms with Crippen molar-refractivity contribution in [2.24, 2.45) is 0 Å². The highest BCUT2D eigenvalue weighted by Gasteiger charge is 2.08. The molecule has 0 aliphatic carbocycles. The van der Waals surface area contributed by atoms with Gasteiger partial charge >= 0.3 is 0 Å². The summed E-state index contributed by atoms with van der Waals surface area (Å²) in [5.74, 6) is 1.12. The fraction of sp³-hybridized carbons (Fsp3) is 0.500. The average Bonchev–Trinajstić information content (AvgIpc) is 2.69. The molecular weight excluding hydrogens is 248 g/mol. The lowest BCUT2D eigenvalue weighted by atomic mass is 10.2. The monoisotopic (exact) mass is 266 g/mol. The SMILES string of the molecule is Cc1cc2c(NCCCCCO)nc(N)nc2s1. The molecular formula is C12H18N4OS. The normalized spacial score (nSPS) is 11.0. The van der Waals surface area contributed by atoms with Gasteiger partial charge in [0.1, 0.15) is 10.6 Å². The van der Waals surface area contributed by atoms with Crippen molar-refractivity contribution in [2.45, 2.75) is 26.2 Å². The maximum absolute atomic E-state index is 8.71. The Bertz CT molecular complexity index is 526. The summed E-state index contributed by atoms with van der Waals surface area (Å²) < 4.78 is 0. The number of thiophene rings is 1. The summed E-state index contributed by atoms with van der Waals surface area (Å²) in [5.41, 5.74) is 5.70. The Kier molecular flexibility index (Phi) is 4.33. The zero-order chi connectivity index (χ0) is 13.0. The molecule has 2 aromatic rings. The van der Waals surface area contributed by atoms with Crippen LogP contribution in [-0.2, 0) is 0 Å². The van der Waals surface area contributed by atoms with Crippen molar-refractivity contribution in [3.63, 3.8) is 0 Å². The van der Waals surface area contributed by atoms with Gasteiger partial charge in [-0.3, -0.25) is 0 Å². The van der Waals surface area contributed by atoms with Crippen molar-refractivity contribution >= 4 is 33.3 Å². The van der Waals surface area contributed by atoms with Gasteiger partial charge in [-0.1, -0.05) is 0 Å². The number of nitrogens with one attached hydrogen (secondary N) is 1. The van der Waals surface area contributed by atoms with Gasteiger partial charge in [0.2, 0.25) is 5.95 Å². The van der Waals surface area contributed by atoms with E-state index in [9.17, 15) is 0 Å². The third kappa shape index (κ3) is 3.08. The molecule has 18 heavy (non-hydrogen) atoms. The van der Waals surface area contributed by atoms with Gasteiger partial charge < -0.3 is 16.2 Å². The highest BCUT2D eigenvalue weighted by Crippen LogP contribution is 2.28. The van der Waals surface area contributed by atoms with E-state index in [1.54, 1.807) is 11.3 Å². The molecule has 0 radical (unpaired) electrons. The number of aliphatic hydroxyl groups is 1. The van der Waals surface area contributed by atoms with Gasteiger partial charge in [0.15, 0.2) is 0 Å². The predicted molar refractivity (Wildman–Crippen MR) is 76.0 cm³/mol. The molecule has 6 heteroatoms. The zero-order valence-electron chi connectivity index (χ0n) is 10.4. The number of hydrogen-bond acceptors (Lipinski definition) is 6. The average molecular weight is 266 g/mol. The molecule has 0 bridgehead atoms. The number of anilines is 2. The van der Waals surface area contributed by atoms with E-state index in [1.807, 2.05) is 6.92 Å². The van der Waals surface area contributed by atoms with Crippen LogP contribution in [0.15, 0.2) is 6.07 Å². The molecule has 0 fully saturated rings. The lowest BCUT2D eigenvalue weighted by molar-refractivity contribution is 0.283. The number of rotatable bonds is 6. The van der Waals surface area contributed by atoms with Gasteiger partial charge in [-0.15, -0.1) is 11.3 Å². The Labute approximate surface area is 110 Å². The van der Waals surface area contributed by atoms with Crippen LogP contribution in [0, 0.1) is 6.92 Å². The highest BCUT2D eigenvalue weighted by molar-refractivity contribution is 7.18. The largest absolute Gasteiger partial charge is 0.396 e.